The number of carbonyl (C=O) groups excluding carboxylic acids is 1. The molecule has 4 aromatic rings. The van der Waals surface area contributed by atoms with Crippen LogP contribution in [0.25, 0.3) is 22.0 Å². The molecule has 1 aliphatic carbocycles. The zero-order valence-corrected chi connectivity index (χ0v) is 18.4. The molecule has 6 rings (SSSR count). The number of pyridine rings is 1. The van der Waals surface area contributed by atoms with Crippen molar-refractivity contribution in [3.05, 3.63) is 76.5 Å². The van der Waals surface area contributed by atoms with E-state index in [-0.39, 0.29) is 34.5 Å². The normalized spacial score (nSPS) is 17.8. The number of halogens is 2. The van der Waals surface area contributed by atoms with E-state index in [0.717, 1.165) is 28.7 Å². The van der Waals surface area contributed by atoms with Gasteiger partial charge in [-0.15, -0.1) is 0 Å². The minimum atomic E-state index is -2.18. The number of carbonyl (C=O) groups is 1. The topological polar surface area (TPSA) is 60.3 Å². The summed E-state index contributed by atoms with van der Waals surface area (Å²) in [6.45, 7) is -2.51. The third-order valence-electron chi connectivity index (χ3n) is 5.86. The van der Waals surface area contributed by atoms with Crippen LogP contribution in [0.1, 0.15) is 37.2 Å². The van der Waals surface area contributed by atoms with Crippen LogP contribution < -0.4 is 4.74 Å². The number of aryl methyl sites for hydroxylation is 1. The molecule has 0 N–H and O–H groups in total. The molecule has 0 radical (unpaired) electrons. The number of hydrogen-bond acceptors (Lipinski definition) is 4. The van der Waals surface area contributed by atoms with Crippen molar-refractivity contribution < 1.29 is 16.7 Å². The molecule has 2 aromatic heterocycles. The number of fused-ring (bicyclic) bond motifs is 2. The molecule has 1 fully saturated rings. The van der Waals surface area contributed by atoms with Gasteiger partial charge < -0.3 is 9.64 Å². The number of aromatic nitrogens is 3. The van der Waals surface area contributed by atoms with Gasteiger partial charge in [0.1, 0.15) is 17.1 Å². The third kappa shape index (κ3) is 3.53. The second-order valence-corrected chi connectivity index (χ2v) is 8.72. The summed E-state index contributed by atoms with van der Waals surface area (Å²) in [6.07, 6.45) is 5.54. The van der Waals surface area contributed by atoms with Crippen LogP contribution in [0.4, 0.5) is 4.39 Å². The van der Waals surface area contributed by atoms with E-state index in [0.29, 0.717) is 16.8 Å². The van der Waals surface area contributed by atoms with Crippen molar-refractivity contribution in [2.24, 2.45) is 7.05 Å². The highest BCUT2D eigenvalue weighted by molar-refractivity contribution is 6.31. The standard InChI is InChI=1S/C25H20ClFN4O2/c1-30-11-18-16(6-7-23(24(18)29-30)33-15-4-5-15)14-9-20(26)19(21(27)10-14)12-31-13-22-17(25(31)32)3-2-8-28-22/h2-3,6-11,15H,4-5,12-13H2,1H3/i13D2. The smallest absolute Gasteiger partial charge is 0.256 e. The van der Waals surface area contributed by atoms with Gasteiger partial charge in [0, 0.05) is 35.4 Å². The van der Waals surface area contributed by atoms with Crippen LogP contribution in [0.15, 0.2) is 48.8 Å². The highest BCUT2D eigenvalue weighted by Gasteiger charge is 2.30. The quantitative estimate of drug-likeness (QED) is 0.411. The molecule has 166 valence electrons. The van der Waals surface area contributed by atoms with Gasteiger partial charge in [0.05, 0.1) is 33.1 Å². The SMILES string of the molecule is [2H]C1([2H])c2ncccc2C(=O)N1Cc1c(F)cc(-c2ccc(OC3CC3)c3nn(C)cc23)cc1Cl. The van der Waals surface area contributed by atoms with Crippen LogP contribution in [0, 0.1) is 5.82 Å². The van der Waals surface area contributed by atoms with Crippen LogP contribution in [0.3, 0.4) is 0 Å². The first-order valence-electron chi connectivity index (χ1n) is 11.6. The van der Waals surface area contributed by atoms with Crippen molar-refractivity contribution in [3.63, 3.8) is 0 Å². The Hall–Kier alpha value is -3.45. The summed E-state index contributed by atoms with van der Waals surface area (Å²) in [5, 5.41) is 5.43. The predicted octanol–water partition coefficient (Wildman–Crippen LogP) is 5.13. The molecule has 0 saturated heterocycles. The molecule has 0 unspecified atom stereocenters. The van der Waals surface area contributed by atoms with Crippen LogP contribution in [0.2, 0.25) is 5.02 Å². The maximum absolute atomic E-state index is 15.4. The number of amides is 1. The summed E-state index contributed by atoms with van der Waals surface area (Å²) < 4.78 is 39.9. The lowest BCUT2D eigenvalue weighted by Crippen LogP contribution is -2.24. The van der Waals surface area contributed by atoms with Crippen molar-refractivity contribution in [1.82, 2.24) is 19.7 Å². The fraction of sp³-hybridized carbons (Fsp3) is 0.240. The van der Waals surface area contributed by atoms with Gasteiger partial charge in [-0.2, -0.15) is 5.10 Å². The fourth-order valence-corrected chi connectivity index (χ4v) is 4.35. The highest BCUT2D eigenvalue weighted by atomic mass is 35.5. The number of ether oxygens (including phenoxy) is 1. The van der Waals surface area contributed by atoms with Gasteiger partial charge >= 0.3 is 0 Å². The Morgan fingerprint density at radius 2 is 2.12 bits per heavy atom. The number of benzene rings is 2. The van der Waals surface area contributed by atoms with E-state index in [2.05, 4.69) is 10.1 Å². The summed E-state index contributed by atoms with van der Waals surface area (Å²) in [7, 11) is 1.81. The fourth-order valence-electron chi connectivity index (χ4n) is 4.08. The van der Waals surface area contributed by atoms with Crippen LogP contribution in [0.5, 0.6) is 5.75 Å². The Balaban J connectivity index is 1.37. The number of nitrogens with zero attached hydrogens (tertiary/aromatic N) is 4. The maximum atomic E-state index is 15.4. The molecule has 1 saturated carbocycles. The van der Waals surface area contributed by atoms with E-state index < -0.39 is 18.2 Å². The molecule has 2 aromatic carbocycles. The zero-order valence-electron chi connectivity index (χ0n) is 19.7. The van der Waals surface area contributed by atoms with Crippen molar-refractivity contribution in [1.29, 1.82) is 0 Å². The number of hydrogen-bond donors (Lipinski definition) is 0. The highest BCUT2D eigenvalue weighted by Crippen LogP contribution is 2.38. The molecule has 2 aliphatic rings. The monoisotopic (exact) mass is 464 g/mol. The molecule has 6 nitrogen and oxygen atoms in total. The summed E-state index contributed by atoms with van der Waals surface area (Å²) in [6, 6.07) is 9.76. The Kier molecular flexibility index (Phi) is 4.13. The molecule has 3 heterocycles. The average molecular weight is 465 g/mol. The summed E-state index contributed by atoms with van der Waals surface area (Å²) in [4.78, 5) is 17.8. The molecular formula is C25H20ClFN4O2. The lowest BCUT2D eigenvalue weighted by Gasteiger charge is -2.18. The van der Waals surface area contributed by atoms with Crippen LogP contribution in [-0.4, -0.2) is 31.7 Å². The minimum Gasteiger partial charge on any atom is -0.488 e. The van der Waals surface area contributed by atoms with E-state index >= 15 is 4.39 Å². The van der Waals surface area contributed by atoms with Gasteiger partial charge in [-0.25, -0.2) is 4.39 Å². The van der Waals surface area contributed by atoms with Gasteiger partial charge in [-0.05, 0) is 60.4 Å². The summed E-state index contributed by atoms with van der Waals surface area (Å²) in [5.74, 6) is -0.491. The third-order valence-corrected chi connectivity index (χ3v) is 6.20. The van der Waals surface area contributed by atoms with Gasteiger partial charge in [-0.3, -0.25) is 14.5 Å². The Morgan fingerprint density at radius 3 is 2.88 bits per heavy atom. The summed E-state index contributed by atoms with van der Waals surface area (Å²) in [5.41, 5.74) is 2.21. The summed E-state index contributed by atoms with van der Waals surface area (Å²) >= 11 is 6.52. The van der Waals surface area contributed by atoms with Crippen molar-refractivity contribution in [2.45, 2.75) is 32.0 Å². The van der Waals surface area contributed by atoms with Crippen LogP contribution in [-0.2, 0) is 20.1 Å². The number of rotatable bonds is 5. The Labute approximate surface area is 197 Å². The molecule has 8 heteroatoms. The van der Waals surface area contributed by atoms with Crippen molar-refractivity contribution in [2.75, 3.05) is 0 Å². The van der Waals surface area contributed by atoms with Gasteiger partial charge in [0.15, 0.2) is 0 Å². The van der Waals surface area contributed by atoms with E-state index in [1.54, 1.807) is 16.8 Å². The Morgan fingerprint density at radius 1 is 1.27 bits per heavy atom. The first-order valence-corrected chi connectivity index (χ1v) is 11.0. The largest absolute Gasteiger partial charge is 0.488 e. The van der Waals surface area contributed by atoms with Crippen molar-refractivity contribution in [3.8, 4) is 16.9 Å². The molecule has 1 amide bonds. The first-order chi connectivity index (χ1) is 16.7. The van der Waals surface area contributed by atoms with E-state index in [4.69, 9.17) is 19.1 Å². The molecule has 0 spiro atoms. The molecule has 0 bridgehead atoms. The second kappa shape index (κ2) is 7.56. The minimum absolute atomic E-state index is 0.0191. The van der Waals surface area contributed by atoms with E-state index in [9.17, 15) is 4.79 Å². The zero-order chi connectivity index (χ0) is 24.5. The maximum Gasteiger partial charge on any atom is 0.256 e. The van der Waals surface area contributed by atoms with Gasteiger partial charge in [0.25, 0.3) is 5.91 Å². The van der Waals surface area contributed by atoms with Gasteiger partial charge in [0.2, 0.25) is 0 Å². The predicted molar refractivity (Wildman–Crippen MR) is 123 cm³/mol. The second-order valence-electron chi connectivity index (χ2n) is 8.31. The first kappa shape index (κ1) is 18.0. The molecule has 0 atom stereocenters. The van der Waals surface area contributed by atoms with E-state index in [1.807, 2.05) is 25.4 Å². The van der Waals surface area contributed by atoms with Crippen LogP contribution >= 0.6 is 11.6 Å². The molecule has 33 heavy (non-hydrogen) atoms. The molecular weight excluding hydrogens is 443 g/mol. The van der Waals surface area contributed by atoms with Gasteiger partial charge in [-0.1, -0.05) is 11.6 Å². The average Bonchev–Trinajstić information content (AvgIpc) is 3.51. The van der Waals surface area contributed by atoms with Crippen molar-refractivity contribution >= 4 is 28.4 Å². The lowest BCUT2D eigenvalue weighted by molar-refractivity contribution is 0.0765. The lowest BCUT2D eigenvalue weighted by atomic mass is 9.99. The van der Waals surface area contributed by atoms with E-state index in [1.165, 1.54) is 18.3 Å². The Bertz CT molecular complexity index is 1500. The molecule has 1 aliphatic heterocycles.